The summed E-state index contributed by atoms with van der Waals surface area (Å²) in [5, 5.41) is 3.45. The van der Waals surface area contributed by atoms with E-state index in [2.05, 4.69) is 5.32 Å². The monoisotopic (exact) mass is 527 g/mol. The highest BCUT2D eigenvalue weighted by molar-refractivity contribution is 7.92. The van der Waals surface area contributed by atoms with E-state index in [1.807, 2.05) is 19.1 Å². The maximum absolute atomic E-state index is 13.6. The summed E-state index contributed by atoms with van der Waals surface area (Å²) in [6, 6.07) is 11.1. The summed E-state index contributed by atoms with van der Waals surface area (Å²) in [4.78, 5) is 27.7. The molecule has 0 spiro atoms. The Balaban J connectivity index is 2.48. The Labute approximate surface area is 212 Å². The molecule has 0 saturated carbocycles. The van der Waals surface area contributed by atoms with Crippen molar-refractivity contribution in [1.82, 2.24) is 10.2 Å². The van der Waals surface area contributed by atoms with Gasteiger partial charge in [-0.2, -0.15) is 0 Å². The van der Waals surface area contributed by atoms with Crippen molar-refractivity contribution in [2.24, 2.45) is 0 Å². The molecule has 2 aromatic carbocycles. The van der Waals surface area contributed by atoms with Gasteiger partial charge in [0.05, 0.1) is 11.9 Å². The van der Waals surface area contributed by atoms with Crippen molar-refractivity contribution in [2.75, 3.05) is 23.7 Å². The zero-order valence-electron chi connectivity index (χ0n) is 19.8. The van der Waals surface area contributed by atoms with Gasteiger partial charge in [0.25, 0.3) is 0 Å². The Hall–Kier alpha value is -2.29. The summed E-state index contributed by atoms with van der Waals surface area (Å²) in [5.74, 6) is -0.876. The molecule has 2 aromatic rings. The predicted molar refractivity (Wildman–Crippen MR) is 138 cm³/mol. The topological polar surface area (TPSA) is 86.8 Å². The van der Waals surface area contributed by atoms with Crippen LogP contribution in [0.4, 0.5) is 5.69 Å². The van der Waals surface area contributed by atoms with Crippen LogP contribution in [-0.2, 0) is 32.6 Å². The number of halogens is 2. The van der Waals surface area contributed by atoms with Crippen LogP contribution in [0.3, 0.4) is 0 Å². The molecule has 0 aliphatic rings. The van der Waals surface area contributed by atoms with Gasteiger partial charge in [-0.25, -0.2) is 8.42 Å². The zero-order valence-corrected chi connectivity index (χ0v) is 22.2. The first-order chi connectivity index (χ1) is 16.0. The van der Waals surface area contributed by atoms with Gasteiger partial charge in [-0.3, -0.25) is 13.9 Å². The van der Waals surface area contributed by atoms with Crippen molar-refractivity contribution in [3.8, 4) is 0 Å². The van der Waals surface area contributed by atoms with Crippen molar-refractivity contribution in [1.29, 1.82) is 0 Å². The number of carbonyl (C=O) groups is 2. The van der Waals surface area contributed by atoms with Gasteiger partial charge < -0.3 is 10.2 Å². The number of hydrogen-bond acceptors (Lipinski definition) is 4. The van der Waals surface area contributed by atoms with Crippen molar-refractivity contribution < 1.29 is 18.0 Å². The minimum absolute atomic E-state index is 0.0423. The second-order valence-electron chi connectivity index (χ2n) is 7.83. The number of benzene rings is 2. The number of carbonyl (C=O) groups excluding carboxylic acids is 2. The largest absolute Gasteiger partial charge is 0.355 e. The lowest BCUT2D eigenvalue weighted by molar-refractivity contribution is -0.140. The summed E-state index contributed by atoms with van der Waals surface area (Å²) < 4.78 is 26.3. The molecule has 0 aromatic heterocycles. The van der Waals surface area contributed by atoms with Crippen molar-refractivity contribution >= 4 is 50.7 Å². The molecule has 0 fully saturated rings. The first kappa shape index (κ1) is 28.0. The number of hydrogen-bond donors (Lipinski definition) is 1. The lowest BCUT2D eigenvalue weighted by Gasteiger charge is -2.33. The molecule has 0 aliphatic carbocycles. The number of nitrogens with zero attached hydrogens (tertiary/aromatic N) is 2. The molecule has 7 nitrogen and oxygen atoms in total. The lowest BCUT2D eigenvalue weighted by Crippen LogP contribution is -2.52. The molecule has 0 unspecified atom stereocenters. The van der Waals surface area contributed by atoms with E-state index in [-0.39, 0.29) is 12.5 Å². The van der Waals surface area contributed by atoms with Crippen LogP contribution in [-0.4, -0.2) is 50.5 Å². The first-order valence-electron chi connectivity index (χ1n) is 11.1. The number of likely N-dealkylation sites (N-methyl/N-ethyl adjacent to an activating group) is 1. The average molecular weight is 529 g/mol. The van der Waals surface area contributed by atoms with Gasteiger partial charge in [0.1, 0.15) is 12.6 Å². The third-order valence-electron chi connectivity index (χ3n) is 5.44. The van der Waals surface area contributed by atoms with E-state index >= 15 is 0 Å². The van der Waals surface area contributed by atoms with Gasteiger partial charge in [0.2, 0.25) is 21.8 Å². The van der Waals surface area contributed by atoms with E-state index in [9.17, 15) is 18.0 Å². The maximum atomic E-state index is 13.6. The molecular formula is C24H31Cl2N3O4S. The number of sulfonamides is 1. The quantitative estimate of drug-likeness (QED) is 0.472. The zero-order chi connectivity index (χ0) is 25.5. The molecule has 1 atom stereocenters. The van der Waals surface area contributed by atoms with Gasteiger partial charge in [-0.15, -0.1) is 0 Å². The molecule has 10 heteroatoms. The third kappa shape index (κ3) is 7.10. The Bertz CT molecular complexity index is 1090. The molecule has 34 heavy (non-hydrogen) atoms. The highest BCUT2D eigenvalue weighted by atomic mass is 35.5. The van der Waals surface area contributed by atoms with E-state index in [4.69, 9.17) is 23.2 Å². The van der Waals surface area contributed by atoms with Crippen LogP contribution < -0.4 is 9.62 Å². The SMILES string of the molecule is CCNC(=O)[C@@H](CC)N(Cc1c(Cl)cccc1Cl)C(=O)CN(c1ccc(CC)cc1)S(C)(=O)=O. The normalized spacial score (nSPS) is 12.2. The van der Waals surface area contributed by atoms with Gasteiger partial charge in [-0.05, 0) is 49.6 Å². The van der Waals surface area contributed by atoms with E-state index < -0.39 is 28.5 Å². The van der Waals surface area contributed by atoms with E-state index in [0.717, 1.165) is 22.5 Å². The molecule has 2 rings (SSSR count). The molecule has 0 bridgehead atoms. The van der Waals surface area contributed by atoms with Crippen molar-refractivity contribution in [3.63, 3.8) is 0 Å². The Kier molecular flexibility index (Phi) is 10.2. The fourth-order valence-corrected chi connectivity index (χ4v) is 4.94. The Morgan fingerprint density at radius 1 is 1.00 bits per heavy atom. The minimum atomic E-state index is -3.79. The lowest BCUT2D eigenvalue weighted by atomic mass is 10.1. The molecule has 0 aliphatic heterocycles. The summed E-state index contributed by atoms with van der Waals surface area (Å²) >= 11 is 12.7. The van der Waals surface area contributed by atoms with Crippen molar-refractivity contribution in [3.05, 3.63) is 63.6 Å². The summed E-state index contributed by atoms with van der Waals surface area (Å²) in [7, 11) is -3.79. The molecule has 2 amide bonds. The van der Waals surface area contributed by atoms with E-state index in [1.54, 1.807) is 44.2 Å². The number of rotatable bonds is 11. The first-order valence-corrected chi connectivity index (χ1v) is 13.7. The Morgan fingerprint density at radius 3 is 2.06 bits per heavy atom. The van der Waals surface area contributed by atoms with Crippen LogP contribution in [0.15, 0.2) is 42.5 Å². The summed E-state index contributed by atoms with van der Waals surface area (Å²) in [5.41, 5.74) is 1.90. The summed E-state index contributed by atoms with van der Waals surface area (Å²) in [6.07, 6.45) is 2.17. The fourth-order valence-electron chi connectivity index (χ4n) is 3.58. The van der Waals surface area contributed by atoms with Crippen LogP contribution in [0.1, 0.15) is 38.3 Å². The second-order valence-corrected chi connectivity index (χ2v) is 10.6. The third-order valence-corrected chi connectivity index (χ3v) is 7.29. The van der Waals surface area contributed by atoms with Crippen LogP contribution in [0, 0.1) is 0 Å². The van der Waals surface area contributed by atoms with Crippen LogP contribution in [0.2, 0.25) is 10.0 Å². The van der Waals surface area contributed by atoms with Crippen LogP contribution >= 0.6 is 23.2 Å². The maximum Gasteiger partial charge on any atom is 0.244 e. The van der Waals surface area contributed by atoms with Gasteiger partial charge in [0.15, 0.2) is 0 Å². The van der Waals surface area contributed by atoms with Gasteiger partial charge in [0, 0.05) is 28.7 Å². The van der Waals surface area contributed by atoms with Gasteiger partial charge in [-0.1, -0.05) is 55.2 Å². The number of amides is 2. The highest BCUT2D eigenvalue weighted by Crippen LogP contribution is 2.27. The number of anilines is 1. The molecular weight excluding hydrogens is 497 g/mol. The predicted octanol–water partition coefficient (Wildman–Crippen LogP) is 4.27. The van der Waals surface area contributed by atoms with Crippen LogP contribution in [0.5, 0.6) is 0 Å². The average Bonchev–Trinajstić information content (AvgIpc) is 2.78. The molecule has 0 heterocycles. The second kappa shape index (κ2) is 12.4. The van der Waals surface area contributed by atoms with E-state index in [1.165, 1.54) is 4.90 Å². The number of nitrogens with one attached hydrogen (secondary N) is 1. The fraction of sp³-hybridized carbons (Fsp3) is 0.417. The summed E-state index contributed by atoms with van der Waals surface area (Å²) in [6.45, 7) is 5.45. The highest BCUT2D eigenvalue weighted by Gasteiger charge is 2.32. The molecule has 186 valence electrons. The minimum Gasteiger partial charge on any atom is -0.355 e. The number of aryl methyl sites for hydroxylation is 1. The van der Waals surface area contributed by atoms with Crippen LogP contribution in [0.25, 0.3) is 0 Å². The molecule has 1 N–H and O–H groups in total. The molecule has 0 radical (unpaired) electrons. The van der Waals surface area contributed by atoms with Gasteiger partial charge >= 0.3 is 0 Å². The smallest absolute Gasteiger partial charge is 0.244 e. The molecule has 0 saturated heterocycles. The standard InChI is InChI=1S/C24H31Cl2N3O4S/c1-5-17-11-13-18(14-12-17)29(34(4,32)33)16-23(30)28(22(6-2)24(31)27-7-3)15-19-20(25)9-8-10-21(19)26/h8-14,22H,5-7,15-16H2,1-4H3,(H,27,31)/t22-/m1/s1. The van der Waals surface area contributed by atoms with Crippen molar-refractivity contribution in [2.45, 2.75) is 46.2 Å². The van der Waals surface area contributed by atoms with E-state index in [0.29, 0.717) is 34.3 Å². The Morgan fingerprint density at radius 2 is 1.59 bits per heavy atom.